The first-order valence-corrected chi connectivity index (χ1v) is 6.18. The number of carbonyl (C=O) groups excluding carboxylic acids is 1. The molecule has 0 fully saturated rings. The summed E-state index contributed by atoms with van der Waals surface area (Å²) in [6.07, 6.45) is 0. The van der Waals surface area contributed by atoms with Gasteiger partial charge in [0.25, 0.3) is 5.91 Å². The summed E-state index contributed by atoms with van der Waals surface area (Å²) in [5.74, 6) is 0.0290. The first kappa shape index (κ1) is 11.3. The predicted molar refractivity (Wildman–Crippen MR) is 71.8 cm³/mol. The molecule has 0 aliphatic carbocycles. The predicted octanol–water partition coefficient (Wildman–Crippen LogP) is 3.52. The fraction of sp³-hybridized carbons (Fsp3) is 0.133. The average molecular weight is 258 g/mol. The minimum atomic E-state index is -0.0811. The van der Waals surface area contributed by atoms with Gasteiger partial charge in [0.1, 0.15) is 0 Å². The lowest BCUT2D eigenvalue weighted by atomic mass is 9.98. The van der Waals surface area contributed by atoms with Crippen LogP contribution < -0.4 is 0 Å². The van der Waals surface area contributed by atoms with Crippen molar-refractivity contribution in [3.63, 3.8) is 0 Å². The van der Waals surface area contributed by atoms with E-state index in [0.29, 0.717) is 10.6 Å². The normalized spacial score (nSPS) is 18.0. The van der Waals surface area contributed by atoms with Gasteiger partial charge in [0.2, 0.25) is 0 Å². The van der Waals surface area contributed by atoms with Crippen molar-refractivity contribution >= 4 is 17.5 Å². The maximum absolute atomic E-state index is 12.2. The molecule has 18 heavy (non-hydrogen) atoms. The lowest BCUT2D eigenvalue weighted by Gasteiger charge is -2.21. The summed E-state index contributed by atoms with van der Waals surface area (Å²) < 4.78 is 0. The van der Waals surface area contributed by atoms with Crippen molar-refractivity contribution in [2.75, 3.05) is 7.05 Å². The Morgan fingerprint density at radius 3 is 2.50 bits per heavy atom. The number of hydrogen-bond acceptors (Lipinski definition) is 1. The summed E-state index contributed by atoms with van der Waals surface area (Å²) in [4.78, 5) is 13.9. The summed E-state index contributed by atoms with van der Waals surface area (Å²) >= 11 is 6.27. The molecule has 2 aromatic carbocycles. The molecule has 90 valence electrons. The minimum absolute atomic E-state index is 0.0290. The fourth-order valence-corrected chi connectivity index (χ4v) is 2.81. The van der Waals surface area contributed by atoms with E-state index in [1.165, 1.54) is 0 Å². The van der Waals surface area contributed by atoms with Crippen LogP contribution >= 0.6 is 11.6 Å². The van der Waals surface area contributed by atoms with E-state index in [0.717, 1.165) is 11.1 Å². The number of benzene rings is 2. The third-order valence-corrected chi connectivity index (χ3v) is 3.71. The molecule has 0 saturated carbocycles. The van der Waals surface area contributed by atoms with Gasteiger partial charge in [-0.1, -0.05) is 48.0 Å². The smallest absolute Gasteiger partial charge is 0.254 e. The Morgan fingerprint density at radius 2 is 1.78 bits per heavy atom. The molecule has 0 bridgehead atoms. The first-order valence-electron chi connectivity index (χ1n) is 5.80. The molecular weight excluding hydrogens is 246 g/mol. The number of fused-ring (bicyclic) bond motifs is 1. The van der Waals surface area contributed by atoms with E-state index >= 15 is 0 Å². The second kappa shape index (κ2) is 4.14. The molecule has 0 spiro atoms. The van der Waals surface area contributed by atoms with Crippen LogP contribution in [0.1, 0.15) is 27.5 Å². The second-order valence-corrected chi connectivity index (χ2v) is 4.84. The molecule has 2 aromatic rings. The third-order valence-electron chi connectivity index (χ3n) is 3.38. The van der Waals surface area contributed by atoms with E-state index < -0.39 is 0 Å². The van der Waals surface area contributed by atoms with Gasteiger partial charge in [0.05, 0.1) is 6.04 Å². The third kappa shape index (κ3) is 1.53. The maximum Gasteiger partial charge on any atom is 0.254 e. The van der Waals surface area contributed by atoms with E-state index in [1.54, 1.807) is 4.90 Å². The van der Waals surface area contributed by atoms with Gasteiger partial charge in [0.15, 0.2) is 0 Å². The molecule has 1 aliphatic rings. The summed E-state index contributed by atoms with van der Waals surface area (Å²) in [5.41, 5.74) is 2.71. The largest absolute Gasteiger partial charge is 0.330 e. The zero-order valence-electron chi connectivity index (χ0n) is 9.93. The number of carbonyl (C=O) groups is 1. The molecule has 1 amide bonds. The topological polar surface area (TPSA) is 20.3 Å². The van der Waals surface area contributed by atoms with Crippen molar-refractivity contribution < 1.29 is 4.79 Å². The average Bonchev–Trinajstić information content (AvgIpc) is 2.65. The van der Waals surface area contributed by atoms with Crippen molar-refractivity contribution in [1.29, 1.82) is 0 Å². The van der Waals surface area contributed by atoms with Gasteiger partial charge in [-0.05, 0) is 17.7 Å². The zero-order chi connectivity index (χ0) is 12.7. The van der Waals surface area contributed by atoms with Gasteiger partial charge in [-0.3, -0.25) is 4.79 Å². The van der Waals surface area contributed by atoms with Crippen molar-refractivity contribution in [3.8, 4) is 0 Å². The van der Waals surface area contributed by atoms with Crippen LogP contribution in [-0.4, -0.2) is 17.9 Å². The number of amides is 1. The Hall–Kier alpha value is -1.80. The molecule has 1 aliphatic heterocycles. The van der Waals surface area contributed by atoms with Crippen LogP contribution in [0.15, 0.2) is 48.5 Å². The van der Waals surface area contributed by atoms with E-state index in [1.807, 2.05) is 55.6 Å². The van der Waals surface area contributed by atoms with Gasteiger partial charge >= 0.3 is 0 Å². The van der Waals surface area contributed by atoms with Crippen molar-refractivity contribution in [1.82, 2.24) is 4.90 Å². The highest BCUT2D eigenvalue weighted by Crippen LogP contribution is 2.40. The molecule has 1 unspecified atom stereocenters. The summed E-state index contributed by atoms with van der Waals surface area (Å²) in [7, 11) is 1.82. The Bertz CT molecular complexity index is 609. The molecule has 2 nitrogen and oxygen atoms in total. The molecule has 0 N–H and O–H groups in total. The Morgan fingerprint density at radius 1 is 1.06 bits per heavy atom. The highest BCUT2D eigenvalue weighted by Gasteiger charge is 2.36. The number of nitrogens with zero attached hydrogens (tertiary/aromatic N) is 1. The lowest BCUT2D eigenvalue weighted by Crippen LogP contribution is -2.23. The molecule has 3 rings (SSSR count). The van der Waals surface area contributed by atoms with E-state index in [2.05, 4.69) is 0 Å². The number of hydrogen-bond donors (Lipinski definition) is 0. The van der Waals surface area contributed by atoms with Crippen molar-refractivity contribution in [3.05, 3.63) is 70.2 Å². The summed E-state index contributed by atoms with van der Waals surface area (Å²) in [6.45, 7) is 0. The monoisotopic (exact) mass is 257 g/mol. The molecule has 0 aromatic heterocycles. The van der Waals surface area contributed by atoms with Crippen LogP contribution in [0.2, 0.25) is 5.02 Å². The van der Waals surface area contributed by atoms with Crippen LogP contribution in [-0.2, 0) is 0 Å². The quantitative estimate of drug-likeness (QED) is 0.766. The van der Waals surface area contributed by atoms with Crippen LogP contribution in [0.3, 0.4) is 0 Å². The first-order chi connectivity index (χ1) is 8.70. The van der Waals surface area contributed by atoms with Crippen molar-refractivity contribution in [2.45, 2.75) is 6.04 Å². The van der Waals surface area contributed by atoms with Crippen LogP contribution in [0.25, 0.3) is 0 Å². The Labute approximate surface area is 111 Å². The van der Waals surface area contributed by atoms with E-state index in [-0.39, 0.29) is 11.9 Å². The summed E-state index contributed by atoms with van der Waals surface area (Å²) in [5, 5.41) is 0.652. The Kier molecular flexibility index (Phi) is 2.60. The summed E-state index contributed by atoms with van der Waals surface area (Å²) in [6, 6.07) is 15.4. The zero-order valence-corrected chi connectivity index (χ0v) is 10.7. The van der Waals surface area contributed by atoms with Gasteiger partial charge in [0, 0.05) is 23.2 Å². The molecule has 1 heterocycles. The highest BCUT2D eigenvalue weighted by molar-refractivity contribution is 6.32. The molecule has 0 radical (unpaired) electrons. The van der Waals surface area contributed by atoms with Crippen molar-refractivity contribution in [2.24, 2.45) is 0 Å². The van der Waals surface area contributed by atoms with Gasteiger partial charge in [-0.2, -0.15) is 0 Å². The molecular formula is C15H12ClNO. The van der Waals surface area contributed by atoms with Crippen LogP contribution in [0.5, 0.6) is 0 Å². The SMILES string of the molecule is CN1C(=O)c2cccc(Cl)c2C1c1ccccc1. The highest BCUT2D eigenvalue weighted by atomic mass is 35.5. The van der Waals surface area contributed by atoms with Gasteiger partial charge in [-0.25, -0.2) is 0 Å². The molecule has 0 saturated heterocycles. The standard InChI is InChI=1S/C15H12ClNO/c1-17-14(10-6-3-2-4-7-10)13-11(15(17)18)8-5-9-12(13)16/h2-9,14H,1H3. The Balaban J connectivity index is 2.22. The second-order valence-electron chi connectivity index (χ2n) is 4.43. The molecule has 1 atom stereocenters. The van der Waals surface area contributed by atoms with Gasteiger partial charge in [-0.15, -0.1) is 0 Å². The fourth-order valence-electron chi connectivity index (χ4n) is 2.53. The lowest BCUT2D eigenvalue weighted by molar-refractivity contribution is 0.0793. The van der Waals surface area contributed by atoms with E-state index in [4.69, 9.17) is 11.6 Å². The molecule has 3 heteroatoms. The van der Waals surface area contributed by atoms with Gasteiger partial charge < -0.3 is 4.90 Å². The maximum atomic E-state index is 12.2. The van der Waals surface area contributed by atoms with Crippen LogP contribution in [0, 0.1) is 0 Å². The number of halogens is 1. The number of rotatable bonds is 1. The minimum Gasteiger partial charge on any atom is -0.330 e. The van der Waals surface area contributed by atoms with E-state index in [9.17, 15) is 4.79 Å². The van der Waals surface area contributed by atoms with Crippen LogP contribution in [0.4, 0.5) is 0 Å².